The fourth-order valence-electron chi connectivity index (χ4n) is 1.14. The molecule has 3 heteroatoms. The lowest BCUT2D eigenvalue weighted by Gasteiger charge is -2.17. The van der Waals surface area contributed by atoms with Crippen LogP contribution in [0.2, 0.25) is 0 Å². The van der Waals surface area contributed by atoms with Crippen molar-refractivity contribution in [3.05, 3.63) is 0 Å². The zero-order chi connectivity index (χ0) is 9.40. The number of hydrogen-bond acceptors (Lipinski definition) is 2. The smallest absolute Gasteiger partial charge is 0.0587 e. The summed E-state index contributed by atoms with van der Waals surface area (Å²) >= 11 is 5.79. The Kier molecular flexibility index (Phi) is 7.98. The molecule has 0 aliphatic heterocycles. The highest BCUT2D eigenvalue weighted by Gasteiger charge is 2.07. The molecule has 0 aromatic heterocycles. The number of ether oxygens (including phenoxy) is 1. The highest BCUT2D eigenvalue weighted by atomic mass is 35.5. The third-order valence-corrected chi connectivity index (χ3v) is 2.05. The van der Waals surface area contributed by atoms with Crippen molar-refractivity contribution in [2.75, 3.05) is 26.1 Å². The number of hydrogen-bond donors (Lipinski definition) is 1. The van der Waals surface area contributed by atoms with Gasteiger partial charge in [-0.25, -0.2) is 0 Å². The van der Waals surface area contributed by atoms with Crippen LogP contribution < -0.4 is 5.32 Å². The second kappa shape index (κ2) is 7.84. The standard InChI is InChI=1S/C9H20ClNO/c1-8(2)6-9(7-10)11-4-5-12-3/h8-9,11H,4-7H2,1-3H3. The minimum absolute atomic E-state index is 0.432. The molecule has 0 rings (SSSR count). The van der Waals surface area contributed by atoms with E-state index in [0.29, 0.717) is 17.8 Å². The molecule has 0 radical (unpaired) electrons. The van der Waals surface area contributed by atoms with Gasteiger partial charge in [0.25, 0.3) is 0 Å². The van der Waals surface area contributed by atoms with Gasteiger partial charge >= 0.3 is 0 Å². The normalized spacial score (nSPS) is 13.8. The van der Waals surface area contributed by atoms with Crippen LogP contribution in [0.1, 0.15) is 20.3 Å². The molecular weight excluding hydrogens is 174 g/mol. The molecule has 0 aliphatic carbocycles. The Morgan fingerprint density at radius 3 is 2.50 bits per heavy atom. The van der Waals surface area contributed by atoms with Crippen LogP contribution in [0.5, 0.6) is 0 Å². The van der Waals surface area contributed by atoms with E-state index >= 15 is 0 Å². The molecule has 74 valence electrons. The van der Waals surface area contributed by atoms with Gasteiger partial charge in [0, 0.05) is 25.6 Å². The first kappa shape index (κ1) is 12.2. The van der Waals surface area contributed by atoms with Gasteiger partial charge in [-0.3, -0.25) is 0 Å². The summed E-state index contributed by atoms with van der Waals surface area (Å²) in [6, 6.07) is 0.432. The second-order valence-electron chi connectivity index (χ2n) is 3.43. The SMILES string of the molecule is COCCNC(CCl)CC(C)C. The van der Waals surface area contributed by atoms with Gasteiger partial charge in [0.1, 0.15) is 0 Å². The van der Waals surface area contributed by atoms with Crippen LogP contribution in [-0.4, -0.2) is 32.2 Å². The molecule has 1 atom stereocenters. The van der Waals surface area contributed by atoms with Crippen molar-refractivity contribution in [2.24, 2.45) is 5.92 Å². The van der Waals surface area contributed by atoms with Crippen molar-refractivity contribution < 1.29 is 4.74 Å². The number of alkyl halides is 1. The Bertz CT molecular complexity index is 98.5. The van der Waals surface area contributed by atoms with E-state index in [0.717, 1.165) is 19.6 Å². The summed E-state index contributed by atoms with van der Waals surface area (Å²) in [7, 11) is 1.71. The van der Waals surface area contributed by atoms with Crippen LogP contribution in [0.3, 0.4) is 0 Å². The first-order valence-corrected chi connectivity index (χ1v) is 5.02. The van der Waals surface area contributed by atoms with Gasteiger partial charge < -0.3 is 10.1 Å². The predicted molar refractivity (Wildman–Crippen MR) is 53.8 cm³/mol. The molecule has 0 fully saturated rings. The molecule has 0 saturated heterocycles. The monoisotopic (exact) mass is 193 g/mol. The average molecular weight is 194 g/mol. The number of nitrogens with one attached hydrogen (secondary N) is 1. The van der Waals surface area contributed by atoms with Crippen molar-refractivity contribution in [2.45, 2.75) is 26.3 Å². The van der Waals surface area contributed by atoms with Crippen LogP contribution in [0.15, 0.2) is 0 Å². The van der Waals surface area contributed by atoms with Gasteiger partial charge in [-0.1, -0.05) is 13.8 Å². The van der Waals surface area contributed by atoms with Gasteiger partial charge in [-0.05, 0) is 12.3 Å². The Morgan fingerprint density at radius 1 is 1.42 bits per heavy atom. The lowest BCUT2D eigenvalue weighted by molar-refractivity contribution is 0.195. The molecule has 0 aromatic carbocycles. The van der Waals surface area contributed by atoms with E-state index in [1.807, 2.05) is 0 Å². The molecule has 1 unspecified atom stereocenters. The Morgan fingerprint density at radius 2 is 2.08 bits per heavy atom. The van der Waals surface area contributed by atoms with Gasteiger partial charge in [-0.2, -0.15) is 0 Å². The molecule has 2 nitrogen and oxygen atoms in total. The first-order chi connectivity index (χ1) is 5.70. The fraction of sp³-hybridized carbons (Fsp3) is 1.00. The molecular formula is C9H20ClNO. The molecule has 0 saturated carbocycles. The van der Waals surface area contributed by atoms with E-state index in [2.05, 4.69) is 19.2 Å². The molecule has 0 bridgehead atoms. The molecule has 0 heterocycles. The van der Waals surface area contributed by atoms with Crippen LogP contribution in [0.25, 0.3) is 0 Å². The maximum absolute atomic E-state index is 5.79. The minimum Gasteiger partial charge on any atom is -0.383 e. The van der Waals surface area contributed by atoms with Crippen LogP contribution in [0.4, 0.5) is 0 Å². The maximum atomic E-state index is 5.79. The zero-order valence-electron chi connectivity index (χ0n) is 8.27. The Hall–Kier alpha value is 0.210. The maximum Gasteiger partial charge on any atom is 0.0587 e. The molecule has 0 aromatic rings. The summed E-state index contributed by atoms with van der Waals surface area (Å²) in [5.41, 5.74) is 0. The van der Waals surface area contributed by atoms with Gasteiger partial charge in [0.2, 0.25) is 0 Å². The summed E-state index contributed by atoms with van der Waals surface area (Å²) in [5.74, 6) is 1.38. The Labute approximate surface area is 80.6 Å². The van der Waals surface area contributed by atoms with Crippen molar-refractivity contribution in [1.82, 2.24) is 5.32 Å². The lowest BCUT2D eigenvalue weighted by Crippen LogP contribution is -2.34. The highest BCUT2D eigenvalue weighted by molar-refractivity contribution is 6.18. The summed E-state index contributed by atoms with van der Waals surface area (Å²) in [6.07, 6.45) is 1.13. The molecule has 1 N–H and O–H groups in total. The Balaban J connectivity index is 3.39. The zero-order valence-corrected chi connectivity index (χ0v) is 9.03. The highest BCUT2D eigenvalue weighted by Crippen LogP contribution is 2.05. The third-order valence-electron chi connectivity index (χ3n) is 1.68. The first-order valence-electron chi connectivity index (χ1n) is 4.49. The van der Waals surface area contributed by atoms with Crippen molar-refractivity contribution in [1.29, 1.82) is 0 Å². The quantitative estimate of drug-likeness (QED) is 0.493. The van der Waals surface area contributed by atoms with Crippen molar-refractivity contribution in [3.63, 3.8) is 0 Å². The van der Waals surface area contributed by atoms with Gasteiger partial charge in [-0.15, -0.1) is 11.6 Å². The van der Waals surface area contributed by atoms with Crippen molar-refractivity contribution in [3.8, 4) is 0 Å². The predicted octanol–water partition coefficient (Wildman–Crippen LogP) is 1.88. The lowest BCUT2D eigenvalue weighted by atomic mass is 10.1. The summed E-state index contributed by atoms with van der Waals surface area (Å²) in [5, 5.41) is 3.34. The third kappa shape index (κ3) is 6.89. The topological polar surface area (TPSA) is 21.3 Å². The van der Waals surface area contributed by atoms with Crippen LogP contribution >= 0.6 is 11.6 Å². The van der Waals surface area contributed by atoms with E-state index in [-0.39, 0.29) is 0 Å². The molecule has 0 aliphatic rings. The summed E-state index contributed by atoms with van der Waals surface area (Å²) in [6.45, 7) is 6.06. The van der Waals surface area contributed by atoms with E-state index in [1.54, 1.807) is 7.11 Å². The van der Waals surface area contributed by atoms with Gasteiger partial charge in [0.05, 0.1) is 6.61 Å². The average Bonchev–Trinajstić information content (AvgIpc) is 2.02. The van der Waals surface area contributed by atoms with Gasteiger partial charge in [0.15, 0.2) is 0 Å². The summed E-state index contributed by atoms with van der Waals surface area (Å²) < 4.78 is 4.94. The summed E-state index contributed by atoms with van der Waals surface area (Å²) in [4.78, 5) is 0. The molecule has 0 spiro atoms. The molecule has 12 heavy (non-hydrogen) atoms. The van der Waals surface area contributed by atoms with E-state index in [4.69, 9.17) is 16.3 Å². The van der Waals surface area contributed by atoms with Crippen LogP contribution in [-0.2, 0) is 4.74 Å². The van der Waals surface area contributed by atoms with Crippen LogP contribution in [0, 0.1) is 5.92 Å². The number of rotatable bonds is 7. The van der Waals surface area contributed by atoms with E-state index < -0.39 is 0 Å². The minimum atomic E-state index is 0.432. The van der Waals surface area contributed by atoms with E-state index in [1.165, 1.54) is 0 Å². The number of halogens is 1. The van der Waals surface area contributed by atoms with E-state index in [9.17, 15) is 0 Å². The number of methoxy groups -OCH3 is 1. The fourth-order valence-corrected chi connectivity index (χ4v) is 1.37. The largest absolute Gasteiger partial charge is 0.383 e. The second-order valence-corrected chi connectivity index (χ2v) is 3.74. The molecule has 0 amide bonds. The van der Waals surface area contributed by atoms with Crippen molar-refractivity contribution >= 4 is 11.6 Å².